The van der Waals surface area contributed by atoms with Crippen LogP contribution in [0.4, 0.5) is 0 Å². The Balaban J connectivity index is 1.76. The lowest BCUT2D eigenvalue weighted by Crippen LogP contribution is -2.40. The molecule has 4 rings (SSSR count). The van der Waals surface area contributed by atoms with Gasteiger partial charge in [0.05, 0.1) is 5.71 Å². The molecule has 22 heavy (non-hydrogen) atoms. The Morgan fingerprint density at radius 2 is 2.14 bits per heavy atom. The van der Waals surface area contributed by atoms with Crippen LogP contribution in [0, 0.1) is 11.3 Å². The highest BCUT2D eigenvalue weighted by Crippen LogP contribution is 2.58. The predicted octanol–water partition coefficient (Wildman–Crippen LogP) is 2.97. The summed E-state index contributed by atoms with van der Waals surface area (Å²) in [5, 5.41) is 32.7. The molecule has 4 nitrogen and oxygen atoms in total. The van der Waals surface area contributed by atoms with Crippen molar-refractivity contribution in [3.05, 3.63) is 41.0 Å². The maximum absolute atomic E-state index is 10.5. The topological polar surface area (TPSA) is 73.1 Å². The van der Waals surface area contributed by atoms with Crippen LogP contribution in [-0.2, 0) is 6.42 Å². The van der Waals surface area contributed by atoms with Gasteiger partial charge in [-0.05, 0) is 54.9 Å². The summed E-state index contributed by atoms with van der Waals surface area (Å²) in [6.45, 7) is 2.11. The minimum absolute atomic E-state index is 0.224. The third-order valence-corrected chi connectivity index (χ3v) is 6.11. The SMILES string of the molecule is C[C@@]12CC[C@H]3C(=CCc4cc(O)ccc43)[C@@H]1C/C(=N/O)[C@@H]2O. The Morgan fingerprint density at radius 1 is 1.32 bits per heavy atom. The highest BCUT2D eigenvalue weighted by atomic mass is 16.4. The summed E-state index contributed by atoms with van der Waals surface area (Å²) in [4.78, 5) is 0. The van der Waals surface area contributed by atoms with Gasteiger partial charge in [0, 0.05) is 11.3 Å². The number of aliphatic hydroxyl groups is 1. The van der Waals surface area contributed by atoms with E-state index in [1.165, 1.54) is 16.7 Å². The normalized spacial score (nSPS) is 38.2. The smallest absolute Gasteiger partial charge is 0.115 e. The molecule has 0 aromatic heterocycles. The minimum atomic E-state index is -0.648. The van der Waals surface area contributed by atoms with Crippen LogP contribution < -0.4 is 0 Å². The van der Waals surface area contributed by atoms with Crippen molar-refractivity contribution in [3.8, 4) is 5.75 Å². The Hall–Kier alpha value is -1.81. The molecule has 3 aliphatic rings. The van der Waals surface area contributed by atoms with Crippen molar-refractivity contribution in [2.45, 2.75) is 44.6 Å². The molecule has 0 unspecified atom stereocenters. The van der Waals surface area contributed by atoms with Gasteiger partial charge in [-0.15, -0.1) is 0 Å². The van der Waals surface area contributed by atoms with E-state index in [9.17, 15) is 10.2 Å². The second kappa shape index (κ2) is 4.59. The number of rotatable bonds is 0. The van der Waals surface area contributed by atoms with Crippen LogP contribution >= 0.6 is 0 Å². The molecular formula is C18H21NO3. The fourth-order valence-electron chi connectivity index (χ4n) is 4.85. The Kier molecular flexibility index (Phi) is 2.89. The predicted molar refractivity (Wildman–Crippen MR) is 83.3 cm³/mol. The van der Waals surface area contributed by atoms with Crippen LogP contribution in [0.2, 0.25) is 0 Å². The maximum Gasteiger partial charge on any atom is 0.115 e. The third-order valence-electron chi connectivity index (χ3n) is 6.11. The summed E-state index contributed by atoms with van der Waals surface area (Å²) >= 11 is 0. The van der Waals surface area contributed by atoms with Crippen LogP contribution in [-0.4, -0.2) is 27.2 Å². The fraction of sp³-hybridized carbons (Fsp3) is 0.500. The highest BCUT2D eigenvalue weighted by molar-refractivity contribution is 5.92. The van der Waals surface area contributed by atoms with Crippen LogP contribution in [0.5, 0.6) is 5.75 Å². The molecule has 116 valence electrons. The van der Waals surface area contributed by atoms with Gasteiger partial charge in [-0.3, -0.25) is 0 Å². The monoisotopic (exact) mass is 299 g/mol. The van der Waals surface area contributed by atoms with E-state index >= 15 is 0 Å². The number of benzene rings is 1. The molecule has 4 atom stereocenters. The van der Waals surface area contributed by atoms with Crippen molar-refractivity contribution >= 4 is 5.71 Å². The molecule has 3 aliphatic carbocycles. The summed E-state index contributed by atoms with van der Waals surface area (Å²) in [5.41, 5.74) is 4.18. The molecule has 2 fully saturated rings. The van der Waals surface area contributed by atoms with E-state index in [0.29, 0.717) is 23.8 Å². The van der Waals surface area contributed by atoms with E-state index in [-0.39, 0.29) is 11.3 Å². The first kappa shape index (κ1) is 13.8. The number of phenolic OH excluding ortho intramolecular Hbond substituents is 1. The molecule has 4 heteroatoms. The zero-order chi connectivity index (χ0) is 15.5. The third kappa shape index (κ3) is 1.70. The molecule has 0 bridgehead atoms. The summed E-state index contributed by atoms with van der Waals surface area (Å²) in [6, 6.07) is 5.66. The molecule has 1 aromatic carbocycles. The summed E-state index contributed by atoms with van der Waals surface area (Å²) < 4.78 is 0. The fourth-order valence-corrected chi connectivity index (χ4v) is 4.85. The standard InChI is InChI=1S/C18H21NO3/c1-18-7-6-13-12-5-3-11(20)8-10(12)2-4-14(13)15(18)9-16(19-22)17(18)21/h3-5,8,13,15,17,20-22H,2,6-7,9H2,1H3/b19-16-/t13-,15+,17+,18-/m1/s1. The second-order valence-electron chi connectivity index (χ2n) is 7.14. The zero-order valence-corrected chi connectivity index (χ0v) is 12.7. The summed E-state index contributed by atoms with van der Waals surface area (Å²) in [7, 11) is 0. The van der Waals surface area contributed by atoms with Crippen molar-refractivity contribution < 1.29 is 15.4 Å². The van der Waals surface area contributed by atoms with Crippen molar-refractivity contribution in [2.75, 3.05) is 0 Å². The van der Waals surface area contributed by atoms with Gasteiger partial charge >= 0.3 is 0 Å². The van der Waals surface area contributed by atoms with E-state index in [2.05, 4.69) is 18.2 Å². The van der Waals surface area contributed by atoms with Crippen molar-refractivity contribution in [1.29, 1.82) is 0 Å². The number of aliphatic hydroxyl groups excluding tert-OH is 1. The quantitative estimate of drug-likeness (QED) is 0.392. The molecular weight excluding hydrogens is 278 g/mol. The van der Waals surface area contributed by atoms with E-state index in [1.54, 1.807) is 6.07 Å². The lowest BCUT2D eigenvalue weighted by molar-refractivity contribution is 0.0501. The van der Waals surface area contributed by atoms with Gasteiger partial charge in [0.1, 0.15) is 11.9 Å². The van der Waals surface area contributed by atoms with E-state index < -0.39 is 6.10 Å². The Labute approximate surface area is 129 Å². The molecule has 0 radical (unpaired) electrons. The number of fused-ring (bicyclic) bond motifs is 5. The first-order valence-corrected chi connectivity index (χ1v) is 7.95. The van der Waals surface area contributed by atoms with E-state index in [1.807, 2.05) is 12.1 Å². The molecule has 0 heterocycles. The zero-order valence-electron chi connectivity index (χ0n) is 12.7. The number of phenols is 1. The first-order valence-electron chi connectivity index (χ1n) is 7.95. The Bertz CT molecular complexity index is 694. The van der Waals surface area contributed by atoms with E-state index in [4.69, 9.17) is 5.21 Å². The number of hydrogen-bond acceptors (Lipinski definition) is 4. The highest BCUT2D eigenvalue weighted by Gasteiger charge is 2.55. The number of aromatic hydroxyl groups is 1. The molecule has 0 spiro atoms. The van der Waals surface area contributed by atoms with Gasteiger partial charge in [0.15, 0.2) is 0 Å². The number of hydrogen-bond donors (Lipinski definition) is 3. The molecule has 0 saturated heterocycles. The first-order chi connectivity index (χ1) is 10.5. The molecule has 2 saturated carbocycles. The number of oxime groups is 1. The average molecular weight is 299 g/mol. The van der Waals surface area contributed by atoms with Crippen LogP contribution in [0.1, 0.15) is 43.2 Å². The molecule has 3 N–H and O–H groups in total. The van der Waals surface area contributed by atoms with Crippen molar-refractivity contribution in [3.63, 3.8) is 0 Å². The molecule has 1 aromatic rings. The van der Waals surface area contributed by atoms with Gasteiger partial charge < -0.3 is 15.4 Å². The lowest BCUT2D eigenvalue weighted by atomic mass is 9.59. The maximum atomic E-state index is 10.5. The van der Waals surface area contributed by atoms with Gasteiger partial charge in [-0.2, -0.15) is 0 Å². The minimum Gasteiger partial charge on any atom is -0.508 e. The molecule has 0 aliphatic heterocycles. The molecule has 0 amide bonds. The van der Waals surface area contributed by atoms with Crippen LogP contribution in [0.3, 0.4) is 0 Å². The lowest BCUT2D eigenvalue weighted by Gasteiger charge is -2.45. The average Bonchev–Trinajstić information content (AvgIpc) is 2.78. The Morgan fingerprint density at radius 3 is 2.91 bits per heavy atom. The van der Waals surface area contributed by atoms with Gasteiger partial charge in [0.2, 0.25) is 0 Å². The van der Waals surface area contributed by atoms with Gasteiger partial charge in [-0.25, -0.2) is 0 Å². The van der Waals surface area contributed by atoms with Crippen molar-refractivity contribution in [2.24, 2.45) is 16.5 Å². The second-order valence-corrected chi connectivity index (χ2v) is 7.14. The van der Waals surface area contributed by atoms with Crippen LogP contribution in [0.15, 0.2) is 35.0 Å². The number of allylic oxidation sites excluding steroid dienone is 2. The van der Waals surface area contributed by atoms with Crippen LogP contribution in [0.25, 0.3) is 0 Å². The van der Waals surface area contributed by atoms with E-state index in [0.717, 1.165) is 19.3 Å². The summed E-state index contributed by atoms with van der Waals surface area (Å²) in [5.74, 6) is 0.934. The van der Waals surface area contributed by atoms with Gasteiger partial charge in [0.25, 0.3) is 0 Å². The summed E-state index contributed by atoms with van der Waals surface area (Å²) in [6.07, 6.45) is 4.99. The van der Waals surface area contributed by atoms with Gasteiger partial charge in [-0.1, -0.05) is 29.8 Å². The van der Waals surface area contributed by atoms with Crippen molar-refractivity contribution in [1.82, 2.24) is 0 Å². The number of nitrogens with zero attached hydrogens (tertiary/aromatic N) is 1. The largest absolute Gasteiger partial charge is 0.508 e.